The second-order valence-corrected chi connectivity index (χ2v) is 5.54. The van der Waals surface area contributed by atoms with Gasteiger partial charge in [-0.15, -0.1) is 24.0 Å². The first kappa shape index (κ1) is 23.0. The summed E-state index contributed by atoms with van der Waals surface area (Å²) < 4.78 is 42.8. The third-order valence-electron chi connectivity index (χ3n) is 2.67. The lowest BCUT2D eigenvalue weighted by Gasteiger charge is -2.14. The first-order valence-electron chi connectivity index (χ1n) is 7.04. The number of nitrogens with one attached hydrogen (secondary N) is 2. The number of aromatic nitrogens is 1. The van der Waals surface area contributed by atoms with E-state index in [2.05, 4.69) is 34.5 Å². The van der Waals surface area contributed by atoms with Gasteiger partial charge in [0.1, 0.15) is 11.6 Å². The van der Waals surface area contributed by atoms with Crippen LogP contribution in [0.4, 0.5) is 13.2 Å². The molecule has 0 amide bonds. The molecule has 0 atom stereocenters. The van der Waals surface area contributed by atoms with E-state index in [1.165, 1.54) is 0 Å². The zero-order valence-electron chi connectivity index (χ0n) is 13.6. The number of halogens is 5. The van der Waals surface area contributed by atoms with Crippen molar-refractivity contribution in [2.75, 3.05) is 26.7 Å². The van der Waals surface area contributed by atoms with Gasteiger partial charge in [-0.3, -0.25) is 4.99 Å². The summed E-state index contributed by atoms with van der Waals surface area (Å²) in [4.78, 5) is 7.63. The maximum atomic E-state index is 12.5. The summed E-state index contributed by atoms with van der Waals surface area (Å²) in [7, 11) is 1.64. The SMILES string of the molecule is CN=C(NCCOc1ncc(C(F)(F)F)cc1Cl)NCC(C)C.I. The van der Waals surface area contributed by atoms with Crippen LogP contribution in [0.15, 0.2) is 17.3 Å². The second kappa shape index (κ2) is 10.8. The van der Waals surface area contributed by atoms with Gasteiger partial charge in [0, 0.05) is 19.8 Å². The molecule has 0 bridgehead atoms. The Kier molecular flexibility index (Phi) is 10.4. The van der Waals surface area contributed by atoms with Gasteiger partial charge >= 0.3 is 6.18 Å². The highest BCUT2D eigenvalue weighted by atomic mass is 127. The Hall–Kier alpha value is -0.970. The fourth-order valence-corrected chi connectivity index (χ4v) is 1.75. The van der Waals surface area contributed by atoms with Gasteiger partial charge < -0.3 is 15.4 Å². The molecule has 0 saturated heterocycles. The molecule has 0 aliphatic heterocycles. The summed E-state index contributed by atoms with van der Waals surface area (Å²) in [5.41, 5.74) is -0.911. The van der Waals surface area contributed by atoms with Crippen LogP contribution in [0, 0.1) is 5.92 Å². The number of hydrogen-bond donors (Lipinski definition) is 2. The third-order valence-corrected chi connectivity index (χ3v) is 2.94. The molecule has 10 heteroatoms. The molecule has 0 aromatic carbocycles. The highest BCUT2D eigenvalue weighted by Gasteiger charge is 2.31. The number of nitrogens with zero attached hydrogens (tertiary/aromatic N) is 2. The van der Waals surface area contributed by atoms with Crippen LogP contribution in [-0.4, -0.2) is 37.7 Å². The third kappa shape index (κ3) is 8.22. The minimum absolute atomic E-state index is 0. The molecule has 2 N–H and O–H groups in total. The molecule has 1 heterocycles. The van der Waals surface area contributed by atoms with Crippen molar-refractivity contribution in [2.45, 2.75) is 20.0 Å². The van der Waals surface area contributed by atoms with Crippen molar-refractivity contribution in [3.8, 4) is 5.88 Å². The predicted molar refractivity (Wildman–Crippen MR) is 99.4 cm³/mol. The Labute approximate surface area is 161 Å². The van der Waals surface area contributed by atoms with E-state index in [9.17, 15) is 13.2 Å². The summed E-state index contributed by atoms with van der Waals surface area (Å²) >= 11 is 5.74. The van der Waals surface area contributed by atoms with E-state index >= 15 is 0 Å². The Morgan fingerprint density at radius 3 is 2.54 bits per heavy atom. The molecular weight excluding hydrogens is 460 g/mol. The Balaban J connectivity index is 0.00000529. The molecule has 0 unspecified atom stereocenters. The summed E-state index contributed by atoms with van der Waals surface area (Å²) in [6.45, 7) is 5.49. The zero-order valence-corrected chi connectivity index (χ0v) is 16.7. The highest BCUT2D eigenvalue weighted by Crippen LogP contribution is 2.32. The van der Waals surface area contributed by atoms with Crippen LogP contribution in [-0.2, 0) is 6.18 Å². The predicted octanol–water partition coefficient (Wildman–Crippen LogP) is 3.57. The van der Waals surface area contributed by atoms with Crippen LogP contribution >= 0.6 is 35.6 Å². The zero-order chi connectivity index (χ0) is 17.5. The maximum absolute atomic E-state index is 12.5. The lowest BCUT2D eigenvalue weighted by molar-refractivity contribution is -0.137. The van der Waals surface area contributed by atoms with Gasteiger partial charge in [-0.25, -0.2) is 4.98 Å². The molecule has 1 aromatic rings. The maximum Gasteiger partial charge on any atom is 0.417 e. The van der Waals surface area contributed by atoms with E-state index in [1.807, 2.05) is 0 Å². The molecule has 0 saturated carbocycles. The lowest BCUT2D eigenvalue weighted by atomic mass is 10.2. The van der Waals surface area contributed by atoms with Gasteiger partial charge in [0.15, 0.2) is 5.96 Å². The van der Waals surface area contributed by atoms with Crippen LogP contribution in [0.25, 0.3) is 0 Å². The fourth-order valence-electron chi connectivity index (χ4n) is 1.53. The van der Waals surface area contributed by atoms with E-state index in [0.29, 0.717) is 24.6 Å². The van der Waals surface area contributed by atoms with E-state index in [4.69, 9.17) is 16.3 Å². The molecule has 0 radical (unpaired) electrons. The average molecular weight is 481 g/mol. The van der Waals surface area contributed by atoms with Crippen molar-refractivity contribution in [1.29, 1.82) is 0 Å². The fraction of sp³-hybridized carbons (Fsp3) is 0.571. The van der Waals surface area contributed by atoms with Gasteiger partial charge in [0.2, 0.25) is 5.88 Å². The summed E-state index contributed by atoms with van der Waals surface area (Å²) in [5.74, 6) is 1.06. The largest absolute Gasteiger partial charge is 0.475 e. The van der Waals surface area contributed by atoms with Crippen molar-refractivity contribution in [3.63, 3.8) is 0 Å². The Morgan fingerprint density at radius 2 is 2.04 bits per heavy atom. The van der Waals surface area contributed by atoms with Gasteiger partial charge in [-0.05, 0) is 12.0 Å². The van der Waals surface area contributed by atoms with Crippen molar-refractivity contribution < 1.29 is 17.9 Å². The number of pyridine rings is 1. The monoisotopic (exact) mass is 480 g/mol. The molecule has 1 aromatic heterocycles. The molecule has 0 fully saturated rings. The van der Waals surface area contributed by atoms with Crippen molar-refractivity contribution in [2.24, 2.45) is 10.9 Å². The normalized spacial score (nSPS) is 11.9. The summed E-state index contributed by atoms with van der Waals surface area (Å²) in [6, 6.07) is 0.792. The molecule has 0 aliphatic carbocycles. The van der Waals surface area contributed by atoms with Gasteiger partial charge in [0.05, 0.1) is 12.1 Å². The lowest BCUT2D eigenvalue weighted by Crippen LogP contribution is -2.40. The van der Waals surface area contributed by atoms with E-state index in [1.54, 1.807) is 7.05 Å². The molecule has 138 valence electrons. The van der Waals surface area contributed by atoms with Crippen LogP contribution in [0.5, 0.6) is 5.88 Å². The number of ether oxygens (including phenoxy) is 1. The molecule has 5 nitrogen and oxygen atoms in total. The number of rotatable bonds is 6. The minimum atomic E-state index is -4.48. The molecule has 0 spiro atoms. The van der Waals surface area contributed by atoms with Crippen molar-refractivity contribution in [1.82, 2.24) is 15.6 Å². The first-order chi connectivity index (χ1) is 10.7. The summed E-state index contributed by atoms with van der Waals surface area (Å²) in [5, 5.41) is 5.95. The molecule has 0 aliphatic rings. The van der Waals surface area contributed by atoms with Crippen LogP contribution < -0.4 is 15.4 Å². The van der Waals surface area contributed by atoms with Gasteiger partial charge in [-0.2, -0.15) is 13.2 Å². The van der Waals surface area contributed by atoms with Crippen LogP contribution in [0.3, 0.4) is 0 Å². The van der Waals surface area contributed by atoms with Gasteiger partial charge in [0.25, 0.3) is 0 Å². The first-order valence-corrected chi connectivity index (χ1v) is 7.42. The topological polar surface area (TPSA) is 58.5 Å². The minimum Gasteiger partial charge on any atom is -0.475 e. The van der Waals surface area contributed by atoms with Crippen molar-refractivity contribution in [3.05, 3.63) is 22.8 Å². The van der Waals surface area contributed by atoms with E-state index in [-0.39, 0.29) is 41.5 Å². The Morgan fingerprint density at radius 1 is 1.38 bits per heavy atom. The average Bonchev–Trinajstić information content (AvgIpc) is 2.46. The smallest absolute Gasteiger partial charge is 0.417 e. The Bertz CT molecular complexity index is 541. The number of hydrogen-bond acceptors (Lipinski definition) is 3. The highest BCUT2D eigenvalue weighted by molar-refractivity contribution is 14.0. The number of alkyl halides is 3. The molecule has 24 heavy (non-hydrogen) atoms. The van der Waals surface area contributed by atoms with E-state index in [0.717, 1.165) is 12.6 Å². The number of aliphatic imine (C=N–C) groups is 1. The van der Waals surface area contributed by atoms with Gasteiger partial charge in [-0.1, -0.05) is 25.4 Å². The van der Waals surface area contributed by atoms with Crippen LogP contribution in [0.2, 0.25) is 5.02 Å². The summed E-state index contributed by atoms with van der Waals surface area (Å²) in [6.07, 6.45) is -3.79. The van der Waals surface area contributed by atoms with Crippen LogP contribution in [0.1, 0.15) is 19.4 Å². The van der Waals surface area contributed by atoms with Crippen molar-refractivity contribution >= 4 is 41.5 Å². The quantitative estimate of drug-likeness (QED) is 0.283. The van der Waals surface area contributed by atoms with E-state index < -0.39 is 11.7 Å². The number of guanidine groups is 1. The molecule has 1 rings (SSSR count). The molecular formula is C14H21ClF3IN4O. The standard InChI is InChI=1S/C14H20ClF3N4O.HI/c1-9(2)7-22-13(19-3)20-4-5-23-12-11(15)6-10(8-21-12)14(16,17)18;/h6,8-9H,4-5,7H2,1-3H3,(H2,19,20,22);1H. The second-order valence-electron chi connectivity index (χ2n) is 5.13.